The number of azide groups is 1. The lowest BCUT2D eigenvalue weighted by Gasteiger charge is -2.21. The molecule has 14 heteroatoms. The Morgan fingerprint density at radius 3 is 2.11 bits per heavy atom. The lowest BCUT2D eigenvalue weighted by Crippen LogP contribution is -2.52. The minimum atomic E-state index is -0.729. The number of hydrogen-bond donors (Lipinski definition) is 3. The summed E-state index contributed by atoms with van der Waals surface area (Å²) in [4.78, 5) is 39.7. The van der Waals surface area contributed by atoms with Crippen LogP contribution in [0.5, 0.6) is 0 Å². The first-order valence-electron chi connectivity index (χ1n) is 15.8. The smallest absolute Gasteiger partial charge is 0.308 e. The van der Waals surface area contributed by atoms with Crippen LogP contribution in [0.4, 0.5) is 0 Å². The minimum Gasteiger partial charge on any atom is -0.461 e. The SMILES string of the molecule is CCCCC[C@H](NC(=O)[C@@H](N)CCCCN=[N+]=[N-])C(=O)NCCOCCOCCOCCOCCC(=O)OCc1ccccc1. The van der Waals surface area contributed by atoms with Gasteiger partial charge >= 0.3 is 5.97 Å². The van der Waals surface area contributed by atoms with Crippen molar-refractivity contribution in [1.82, 2.24) is 10.6 Å². The number of carbonyl (C=O) groups is 3. The fourth-order valence-electron chi connectivity index (χ4n) is 3.97. The summed E-state index contributed by atoms with van der Waals surface area (Å²) < 4.78 is 27.0. The minimum absolute atomic E-state index is 0.188. The molecule has 1 aromatic rings. The van der Waals surface area contributed by atoms with Gasteiger partial charge in [0.25, 0.3) is 0 Å². The van der Waals surface area contributed by atoms with E-state index in [4.69, 9.17) is 34.9 Å². The predicted octanol–water partition coefficient (Wildman–Crippen LogP) is 3.18. The van der Waals surface area contributed by atoms with E-state index in [1.54, 1.807) is 0 Å². The maximum absolute atomic E-state index is 12.7. The summed E-state index contributed by atoms with van der Waals surface area (Å²) in [5, 5.41) is 9.07. The van der Waals surface area contributed by atoms with Gasteiger partial charge in [0.2, 0.25) is 11.8 Å². The number of benzene rings is 1. The first kappa shape index (κ1) is 39.8. The highest BCUT2D eigenvalue weighted by molar-refractivity contribution is 5.89. The van der Waals surface area contributed by atoms with Crippen molar-refractivity contribution in [3.63, 3.8) is 0 Å². The number of ether oxygens (including phenoxy) is 5. The van der Waals surface area contributed by atoms with E-state index < -0.39 is 12.1 Å². The van der Waals surface area contributed by atoms with Crippen molar-refractivity contribution < 1.29 is 38.1 Å². The first-order chi connectivity index (χ1) is 22.0. The normalized spacial score (nSPS) is 12.1. The highest BCUT2D eigenvalue weighted by Gasteiger charge is 2.23. The molecule has 14 nitrogen and oxygen atoms in total. The number of esters is 1. The number of nitrogens with zero attached hydrogens (tertiary/aromatic N) is 3. The van der Waals surface area contributed by atoms with Crippen LogP contribution in [0, 0.1) is 0 Å². The summed E-state index contributed by atoms with van der Waals surface area (Å²) in [6, 6.07) is 8.11. The Bertz CT molecular complexity index is 965. The summed E-state index contributed by atoms with van der Waals surface area (Å²) in [5.41, 5.74) is 15.3. The Hall–Kier alpha value is -3.26. The molecule has 0 spiro atoms. The van der Waals surface area contributed by atoms with Gasteiger partial charge in [-0.3, -0.25) is 14.4 Å². The zero-order valence-corrected chi connectivity index (χ0v) is 26.7. The maximum atomic E-state index is 12.7. The molecule has 2 atom stereocenters. The van der Waals surface area contributed by atoms with E-state index in [1.165, 1.54) is 0 Å². The van der Waals surface area contributed by atoms with E-state index in [0.717, 1.165) is 24.8 Å². The molecule has 0 unspecified atom stereocenters. The highest BCUT2D eigenvalue weighted by atomic mass is 16.6. The number of unbranched alkanes of at least 4 members (excludes halogenated alkanes) is 3. The van der Waals surface area contributed by atoms with Crippen LogP contribution in [0.15, 0.2) is 35.4 Å². The van der Waals surface area contributed by atoms with Crippen molar-refractivity contribution in [2.75, 3.05) is 65.9 Å². The molecule has 0 aromatic heterocycles. The van der Waals surface area contributed by atoms with Crippen LogP contribution in [0.3, 0.4) is 0 Å². The van der Waals surface area contributed by atoms with Gasteiger partial charge in [0.05, 0.1) is 65.3 Å². The third kappa shape index (κ3) is 22.8. The van der Waals surface area contributed by atoms with E-state index in [2.05, 4.69) is 27.6 Å². The van der Waals surface area contributed by atoms with Crippen molar-refractivity contribution >= 4 is 17.8 Å². The van der Waals surface area contributed by atoms with E-state index in [9.17, 15) is 14.4 Å². The maximum Gasteiger partial charge on any atom is 0.308 e. The van der Waals surface area contributed by atoms with Crippen LogP contribution in [-0.2, 0) is 44.7 Å². The fourth-order valence-corrected chi connectivity index (χ4v) is 3.97. The second-order valence-electron chi connectivity index (χ2n) is 10.3. The summed E-state index contributed by atoms with van der Waals surface area (Å²) in [6.45, 7) is 5.90. The number of carbonyl (C=O) groups excluding carboxylic acids is 3. The molecule has 0 saturated carbocycles. The fraction of sp³-hybridized carbons (Fsp3) is 0.710. The molecule has 0 aliphatic heterocycles. The van der Waals surface area contributed by atoms with Crippen molar-refractivity contribution in [3.8, 4) is 0 Å². The molecule has 4 N–H and O–H groups in total. The molecular weight excluding hydrogens is 584 g/mol. The lowest BCUT2D eigenvalue weighted by molar-refractivity contribution is -0.146. The largest absolute Gasteiger partial charge is 0.461 e. The molecule has 0 saturated heterocycles. The van der Waals surface area contributed by atoms with Gasteiger partial charge in [-0.2, -0.15) is 0 Å². The van der Waals surface area contributed by atoms with Gasteiger partial charge in [0.15, 0.2) is 0 Å². The Kier molecular flexibility index (Phi) is 24.9. The van der Waals surface area contributed by atoms with Gasteiger partial charge in [0, 0.05) is 18.0 Å². The Balaban J connectivity index is 2.03. The standard InChI is InChI=1S/C31H52N6O8/c1-2-3-5-13-28(36-30(39)27(32)12-8-9-15-35-37-33)31(40)34-16-18-42-20-22-44-24-23-43-21-19-41-17-14-29(38)45-25-26-10-6-4-7-11-26/h4,6-7,10-11,27-28H,2-3,5,8-9,12-25,32H2,1H3,(H,34,40)(H,36,39)/t27-,28-/m0/s1. The third-order valence-corrected chi connectivity index (χ3v) is 6.51. The van der Waals surface area contributed by atoms with Gasteiger partial charge in [-0.25, -0.2) is 0 Å². The van der Waals surface area contributed by atoms with Crippen LogP contribution < -0.4 is 16.4 Å². The quantitative estimate of drug-likeness (QED) is 0.0389. The zero-order chi connectivity index (χ0) is 32.8. The third-order valence-electron chi connectivity index (χ3n) is 6.51. The summed E-state index contributed by atoms with van der Waals surface area (Å²) >= 11 is 0. The molecule has 0 fully saturated rings. The average Bonchev–Trinajstić information content (AvgIpc) is 3.05. The van der Waals surface area contributed by atoms with E-state index in [0.29, 0.717) is 85.0 Å². The predicted molar refractivity (Wildman–Crippen MR) is 169 cm³/mol. The summed E-state index contributed by atoms with van der Waals surface area (Å²) in [6.07, 6.45) is 5.24. The molecule has 0 radical (unpaired) electrons. The number of rotatable bonds is 29. The van der Waals surface area contributed by atoms with E-state index in [-0.39, 0.29) is 37.4 Å². The van der Waals surface area contributed by atoms with Crippen LogP contribution in [-0.4, -0.2) is 95.8 Å². The zero-order valence-electron chi connectivity index (χ0n) is 26.7. The average molecular weight is 637 g/mol. The van der Waals surface area contributed by atoms with Gasteiger partial charge < -0.3 is 40.1 Å². The molecule has 254 valence electrons. The lowest BCUT2D eigenvalue weighted by atomic mass is 10.1. The van der Waals surface area contributed by atoms with Crippen LogP contribution in [0.25, 0.3) is 10.4 Å². The Morgan fingerprint density at radius 1 is 0.844 bits per heavy atom. The monoisotopic (exact) mass is 636 g/mol. The van der Waals surface area contributed by atoms with Crippen LogP contribution in [0.1, 0.15) is 63.9 Å². The molecule has 0 heterocycles. The molecule has 45 heavy (non-hydrogen) atoms. The van der Waals surface area contributed by atoms with Crippen LogP contribution >= 0.6 is 0 Å². The number of nitrogens with two attached hydrogens (primary N) is 1. The first-order valence-corrected chi connectivity index (χ1v) is 15.8. The second-order valence-corrected chi connectivity index (χ2v) is 10.3. The van der Waals surface area contributed by atoms with Gasteiger partial charge in [-0.15, -0.1) is 0 Å². The Labute approximate surface area is 266 Å². The number of nitrogens with one attached hydrogen (secondary N) is 2. The summed E-state index contributed by atoms with van der Waals surface area (Å²) in [5.74, 6) is -0.932. The molecule has 1 rings (SSSR count). The Morgan fingerprint density at radius 2 is 1.47 bits per heavy atom. The van der Waals surface area contributed by atoms with E-state index >= 15 is 0 Å². The second kappa shape index (κ2) is 28.2. The van der Waals surface area contributed by atoms with Gasteiger partial charge in [0.1, 0.15) is 12.6 Å². The van der Waals surface area contributed by atoms with E-state index in [1.807, 2.05) is 30.3 Å². The van der Waals surface area contributed by atoms with Gasteiger partial charge in [-0.1, -0.05) is 68.1 Å². The number of hydrogen-bond acceptors (Lipinski definition) is 10. The molecule has 0 aliphatic rings. The van der Waals surface area contributed by atoms with Crippen molar-refractivity contribution in [3.05, 3.63) is 46.3 Å². The van der Waals surface area contributed by atoms with Crippen molar-refractivity contribution in [2.45, 2.75) is 77.0 Å². The summed E-state index contributed by atoms with van der Waals surface area (Å²) in [7, 11) is 0. The molecule has 2 amide bonds. The van der Waals surface area contributed by atoms with Gasteiger partial charge in [-0.05, 0) is 30.4 Å². The topological polar surface area (TPSA) is 196 Å². The van der Waals surface area contributed by atoms with Crippen molar-refractivity contribution in [1.29, 1.82) is 0 Å². The van der Waals surface area contributed by atoms with Crippen molar-refractivity contribution in [2.24, 2.45) is 10.8 Å². The molecular formula is C31H52N6O8. The number of amides is 2. The molecule has 0 bridgehead atoms. The molecule has 0 aliphatic carbocycles. The van der Waals surface area contributed by atoms with Crippen LogP contribution in [0.2, 0.25) is 0 Å². The molecule has 1 aromatic carbocycles. The highest BCUT2D eigenvalue weighted by Crippen LogP contribution is 2.06.